The molecule has 0 heterocycles. The molecule has 0 aliphatic carbocycles. The Labute approximate surface area is 220 Å². The number of aliphatic hydroxyl groups excluding tert-OH is 6. The SMILES string of the molecule is CCCCCC[C@@H](O)CC=CCCCCCCCCN(CCCOC)C[C@H](O)[C@@H](O)[C@H](O)[C@H](O)CO. The second-order valence-electron chi connectivity index (χ2n) is 10.1. The number of methoxy groups -OCH3 is 1. The molecule has 0 aromatic heterocycles. The molecular weight excluding hydrogens is 462 g/mol. The minimum absolute atomic E-state index is 0.180. The fraction of sp³-hybridized carbons (Fsp3) is 0.929. The van der Waals surface area contributed by atoms with Gasteiger partial charge in [0.25, 0.3) is 0 Å². The van der Waals surface area contributed by atoms with Gasteiger partial charge in [0.1, 0.15) is 18.3 Å². The van der Waals surface area contributed by atoms with E-state index >= 15 is 0 Å². The summed E-state index contributed by atoms with van der Waals surface area (Å²) in [6, 6.07) is 0. The maximum absolute atomic E-state index is 10.3. The summed E-state index contributed by atoms with van der Waals surface area (Å²) in [5.41, 5.74) is 0. The van der Waals surface area contributed by atoms with Crippen LogP contribution in [0.5, 0.6) is 0 Å². The summed E-state index contributed by atoms with van der Waals surface area (Å²) < 4.78 is 5.11. The van der Waals surface area contributed by atoms with E-state index in [9.17, 15) is 25.5 Å². The van der Waals surface area contributed by atoms with Gasteiger partial charge >= 0.3 is 0 Å². The lowest BCUT2D eigenvalue weighted by molar-refractivity contribution is -0.119. The average molecular weight is 520 g/mol. The number of hydrogen-bond donors (Lipinski definition) is 6. The zero-order chi connectivity index (χ0) is 27.0. The Hall–Kier alpha value is -0.580. The maximum atomic E-state index is 10.3. The van der Waals surface area contributed by atoms with E-state index in [2.05, 4.69) is 19.1 Å². The molecule has 0 unspecified atom stereocenters. The van der Waals surface area contributed by atoms with Crippen molar-refractivity contribution in [3.63, 3.8) is 0 Å². The molecule has 0 aromatic rings. The molecule has 5 atom stereocenters. The first-order valence-electron chi connectivity index (χ1n) is 14.2. The van der Waals surface area contributed by atoms with Gasteiger partial charge in [-0.1, -0.05) is 70.4 Å². The Morgan fingerprint density at radius 2 is 1.33 bits per heavy atom. The lowest BCUT2D eigenvalue weighted by Crippen LogP contribution is -2.50. The minimum atomic E-state index is -1.60. The first-order valence-corrected chi connectivity index (χ1v) is 14.2. The Morgan fingerprint density at radius 1 is 0.722 bits per heavy atom. The standard InChI is InChI=1S/C28H57NO7/c1-3-4-5-13-17-24(31)18-14-11-9-7-6-8-10-12-15-19-29(20-16-21-36-2)22-25(32)27(34)28(35)26(33)23-30/h11,14,24-28,30-35H,3-10,12-13,15-23H2,1-2H3/t24-,25+,26-,27-,28-/m1/s1. The third-order valence-corrected chi connectivity index (χ3v) is 6.65. The summed E-state index contributed by atoms with van der Waals surface area (Å²) in [6.45, 7) is 3.78. The molecule has 0 rings (SSSR count). The molecule has 0 aliphatic rings. The average Bonchev–Trinajstić information content (AvgIpc) is 2.88. The van der Waals surface area contributed by atoms with Gasteiger partial charge in [0.2, 0.25) is 0 Å². The summed E-state index contributed by atoms with van der Waals surface area (Å²) in [5, 5.41) is 58.7. The van der Waals surface area contributed by atoms with Crippen LogP contribution in [0.25, 0.3) is 0 Å². The highest BCUT2D eigenvalue weighted by molar-refractivity contribution is 4.84. The smallest absolute Gasteiger partial charge is 0.111 e. The zero-order valence-electron chi connectivity index (χ0n) is 23.0. The number of unbranched alkanes of at least 4 members (excludes halogenated alkanes) is 9. The Kier molecular flexibility index (Phi) is 24.3. The van der Waals surface area contributed by atoms with Crippen LogP contribution in [0.4, 0.5) is 0 Å². The molecule has 0 bridgehead atoms. The molecular formula is C28H57NO7. The van der Waals surface area contributed by atoms with Crippen LogP contribution in [0.2, 0.25) is 0 Å². The van der Waals surface area contributed by atoms with E-state index in [0.717, 1.165) is 57.9 Å². The quantitative estimate of drug-likeness (QED) is 0.0759. The van der Waals surface area contributed by atoms with Gasteiger partial charge in [-0.25, -0.2) is 0 Å². The van der Waals surface area contributed by atoms with E-state index in [-0.39, 0.29) is 12.6 Å². The highest BCUT2D eigenvalue weighted by Gasteiger charge is 2.30. The second kappa shape index (κ2) is 24.7. The van der Waals surface area contributed by atoms with E-state index in [1.54, 1.807) is 7.11 Å². The lowest BCUT2D eigenvalue weighted by atomic mass is 10.0. The summed E-state index contributed by atoms with van der Waals surface area (Å²) in [6.07, 6.45) is 13.4. The van der Waals surface area contributed by atoms with Crippen molar-refractivity contribution in [2.75, 3.05) is 40.0 Å². The van der Waals surface area contributed by atoms with Crippen LogP contribution < -0.4 is 0 Å². The molecule has 0 aliphatic heterocycles. The molecule has 216 valence electrons. The predicted octanol–water partition coefficient (Wildman–Crippen LogP) is 2.77. The number of allylic oxidation sites excluding steroid dienone is 1. The van der Waals surface area contributed by atoms with Gasteiger partial charge in [-0.15, -0.1) is 0 Å². The zero-order valence-corrected chi connectivity index (χ0v) is 23.0. The van der Waals surface area contributed by atoms with Crippen LogP contribution in [0.3, 0.4) is 0 Å². The van der Waals surface area contributed by atoms with E-state index in [0.29, 0.717) is 13.2 Å². The summed E-state index contributed by atoms with van der Waals surface area (Å²) >= 11 is 0. The molecule has 0 aromatic carbocycles. The van der Waals surface area contributed by atoms with E-state index in [1.807, 2.05) is 4.90 Å². The van der Waals surface area contributed by atoms with Gasteiger partial charge in [0.15, 0.2) is 0 Å². The van der Waals surface area contributed by atoms with Gasteiger partial charge in [-0.05, 0) is 45.1 Å². The molecule has 0 saturated heterocycles. The minimum Gasteiger partial charge on any atom is -0.394 e. The van der Waals surface area contributed by atoms with Crippen molar-refractivity contribution in [2.45, 2.75) is 127 Å². The second-order valence-corrected chi connectivity index (χ2v) is 10.1. The lowest BCUT2D eigenvalue weighted by Gasteiger charge is -2.30. The monoisotopic (exact) mass is 519 g/mol. The van der Waals surface area contributed by atoms with Crippen LogP contribution in [0.15, 0.2) is 12.2 Å². The summed E-state index contributed by atoms with van der Waals surface area (Å²) in [5.74, 6) is 0. The molecule has 6 N–H and O–H groups in total. The highest BCUT2D eigenvalue weighted by atomic mass is 16.5. The van der Waals surface area contributed by atoms with E-state index in [1.165, 1.54) is 38.5 Å². The summed E-state index contributed by atoms with van der Waals surface area (Å²) in [4.78, 5) is 2.05. The molecule has 8 nitrogen and oxygen atoms in total. The van der Waals surface area contributed by atoms with Gasteiger partial charge in [0.05, 0.1) is 18.8 Å². The number of nitrogens with zero attached hydrogens (tertiary/aromatic N) is 1. The normalized spacial score (nSPS) is 16.5. The maximum Gasteiger partial charge on any atom is 0.111 e. The van der Waals surface area contributed by atoms with Gasteiger partial charge in [-0.2, -0.15) is 0 Å². The van der Waals surface area contributed by atoms with Crippen molar-refractivity contribution in [2.24, 2.45) is 0 Å². The third kappa shape index (κ3) is 19.5. The van der Waals surface area contributed by atoms with E-state index in [4.69, 9.17) is 9.84 Å². The topological polar surface area (TPSA) is 134 Å². The molecule has 0 fully saturated rings. The third-order valence-electron chi connectivity index (χ3n) is 6.65. The number of ether oxygens (including phenoxy) is 1. The van der Waals surface area contributed by atoms with Crippen molar-refractivity contribution in [1.82, 2.24) is 4.90 Å². The number of rotatable bonds is 26. The first kappa shape index (κ1) is 35.4. The first-order chi connectivity index (χ1) is 17.4. The van der Waals surface area contributed by atoms with Crippen LogP contribution in [0, 0.1) is 0 Å². The van der Waals surface area contributed by atoms with Crippen molar-refractivity contribution < 1.29 is 35.4 Å². The summed E-state index contributed by atoms with van der Waals surface area (Å²) in [7, 11) is 1.64. The Balaban J connectivity index is 4.01. The van der Waals surface area contributed by atoms with Crippen molar-refractivity contribution in [3.8, 4) is 0 Å². The van der Waals surface area contributed by atoms with Gasteiger partial charge < -0.3 is 40.3 Å². The molecule has 0 radical (unpaired) electrons. The number of aliphatic hydroxyl groups is 6. The van der Waals surface area contributed by atoms with Crippen molar-refractivity contribution in [1.29, 1.82) is 0 Å². The molecule has 0 saturated carbocycles. The Bertz CT molecular complexity index is 495. The molecule has 0 spiro atoms. The molecule has 8 heteroatoms. The largest absolute Gasteiger partial charge is 0.394 e. The van der Waals surface area contributed by atoms with Crippen molar-refractivity contribution in [3.05, 3.63) is 12.2 Å². The van der Waals surface area contributed by atoms with Crippen LogP contribution >= 0.6 is 0 Å². The van der Waals surface area contributed by atoms with Gasteiger partial charge in [-0.3, -0.25) is 0 Å². The fourth-order valence-corrected chi connectivity index (χ4v) is 4.26. The predicted molar refractivity (Wildman–Crippen MR) is 145 cm³/mol. The van der Waals surface area contributed by atoms with Gasteiger partial charge in [0, 0.05) is 26.8 Å². The number of hydrogen-bond acceptors (Lipinski definition) is 8. The van der Waals surface area contributed by atoms with E-state index < -0.39 is 31.0 Å². The Morgan fingerprint density at radius 3 is 2.00 bits per heavy atom. The van der Waals surface area contributed by atoms with Crippen LogP contribution in [-0.2, 0) is 4.74 Å². The molecule has 36 heavy (non-hydrogen) atoms. The fourth-order valence-electron chi connectivity index (χ4n) is 4.26. The van der Waals surface area contributed by atoms with Crippen molar-refractivity contribution >= 4 is 0 Å². The van der Waals surface area contributed by atoms with Crippen LogP contribution in [0.1, 0.15) is 96.8 Å². The molecule has 0 amide bonds. The highest BCUT2D eigenvalue weighted by Crippen LogP contribution is 2.12. The van der Waals surface area contributed by atoms with Crippen LogP contribution in [-0.4, -0.2) is 106 Å².